The maximum absolute atomic E-state index is 13.4. The maximum atomic E-state index is 13.4. The molecule has 0 unspecified atom stereocenters. The lowest BCUT2D eigenvalue weighted by Crippen LogP contribution is -2.13. The van der Waals surface area contributed by atoms with Crippen molar-refractivity contribution < 1.29 is 9.18 Å². The number of benzene rings is 2. The molecule has 2 aromatic rings. The molecule has 0 heterocycles. The van der Waals surface area contributed by atoms with Crippen molar-refractivity contribution in [1.29, 1.82) is 0 Å². The standard InChI is InChI=1S/C16H17FN2O/c1-2-5-11-6-3-4-7-15(11)19-16(20)12-8-9-14(18)13(17)10-12/h3-4,6-10H,2,5,18H2,1H3,(H,19,20). The molecule has 0 aliphatic carbocycles. The normalized spacial score (nSPS) is 10.3. The number of amides is 1. The quantitative estimate of drug-likeness (QED) is 0.835. The molecule has 3 N–H and O–H groups in total. The van der Waals surface area contributed by atoms with Gasteiger partial charge in [0.2, 0.25) is 0 Å². The molecule has 4 heteroatoms. The van der Waals surface area contributed by atoms with Gasteiger partial charge in [-0.05, 0) is 36.2 Å². The highest BCUT2D eigenvalue weighted by molar-refractivity contribution is 6.04. The fourth-order valence-electron chi connectivity index (χ4n) is 1.99. The molecule has 0 fully saturated rings. The van der Waals surface area contributed by atoms with Gasteiger partial charge in [0, 0.05) is 11.3 Å². The Morgan fingerprint density at radius 3 is 2.70 bits per heavy atom. The van der Waals surface area contributed by atoms with E-state index in [0.717, 1.165) is 30.2 Å². The average molecular weight is 272 g/mol. The molecule has 0 saturated heterocycles. The minimum atomic E-state index is -0.584. The number of nitrogens with two attached hydrogens (primary N) is 1. The third-order valence-electron chi connectivity index (χ3n) is 3.05. The lowest BCUT2D eigenvalue weighted by atomic mass is 10.1. The highest BCUT2D eigenvalue weighted by Gasteiger charge is 2.10. The number of carbonyl (C=O) groups is 1. The summed E-state index contributed by atoms with van der Waals surface area (Å²) in [6.07, 6.45) is 1.87. The summed E-state index contributed by atoms with van der Waals surface area (Å²) in [4.78, 5) is 12.1. The molecule has 0 aliphatic heterocycles. The van der Waals surface area contributed by atoms with Crippen LogP contribution in [0.1, 0.15) is 29.3 Å². The predicted octanol–water partition coefficient (Wildman–Crippen LogP) is 3.61. The largest absolute Gasteiger partial charge is 0.396 e. The van der Waals surface area contributed by atoms with Crippen molar-refractivity contribution in [2.45, 2.75) is 19.8 Å². The number of halogens is 1. The maximum Gasteiger partial charge on any atom is 0.255 e. The highest BCUT2D eigenvalue weighted by atomic mass is 19.1. The van der Waals surface area contributed by atoms with Gasteiger partial charge in [-0.15, -0.1) is 0 Å². The molecule has 104 valence electrons. The average Bonchev–Trinajstić information content (AvgIpc) is 2.44. The van der Waals surface area contributed by atoms with E-state index in [4.69, 9.17) is 5.73 Å². The first-order valence-electron chi connectivity index (χ1n) is 6.56. The zero-order chi connectivity index (χ0) is 14.5. The summed E-state index contributed by atoms with van der Waals surface area (Å²) < 4.78 is 13.4. The van der Waals surface area contributed by atoms with Gasteiger partial charge in [0.1, 0.15) is 5.82 Å². The van der Waals surface area contributed by atoms with Crippen LogP contribution in [0.3, 0.4) is 0 Å². The van der Waals surface area contributed by atoms with Crippen molar-refractivity contribution in [2.24, 2.45) is 0 Å². The van der Waals surface area contributed by atoms with Gasteiger partial charge in [0.15, 0.2) is 0 Å². The van der Waals surface area contributed by atoms with Crippen LogP contribution in [0, 0.1) is 5.82 Å². The number of aryl methyl sites for hydroxylation is 1. The molecule has 0 aromatic heterocycles. The van der Waals surface area contributed by atoms with Crippen molar-refractivity contribution in [3.63, 3.8) is 0 Å². The van der Waals surface area contributed by atoms with Gasteiger partial charge in [0.05, 0.1) is 5.69 Å². The second-order valence-corrected chi connectivity index (χ2v) is 4.60. The number of hydrogen-bond acceptors (Lipinski definition) is 2. The fraction of sp³-hybridized carbons (Fsp3) is 0.188. The summed E-state index contributed by atoms with van der Waals surface area (Å²) in [5.41, 5.74) is 7.52. The summed E-state index contributed by atoms with van der Waals surface area (Å²) in [5, 5.41) is 2.81. The first-order chi connectivity index (χ1) is 9.61. The molecule has 0 atom stereocenters. The van der Waals surface area contributed by atoms with E-state index in [9.17, 15) is 9.18 Å². The lowest BCUT2D eigenvalue weighted by molar-refractivity contribution is 0.102. The zero-order valence-electron chi connectivity index (χ0n) is 11.3. The Hall–Kier alpha value is -2.36. The molecule has 0 saturated carbocycles. The Bertz CT molecular complexity index is 626. The van der Waals surface area contributed by atoms with Crippen LogP contribution in [0.25, 0.3) is 0 Å². The SMILES string of the molecule is CCCc1ccccc1NC(=O)c1ccc(N)c(F)c1. The third-order valence-corrected chi connectivity index (χ3v) is 3.05. The second-order valence-electron chi connectivity index (χ2n) is 4.60. The van der Waals surface area contributed by atoms with Gasteiger partial charge in [-0.3, -0.25) is 4.79 Å². The van der Waals surface area contributed by atoms with Gasteiger partial charge < -0.3 is 11.1 Å². The third kappa shape index (κ3) is 3.15. The molecule has 3 nitrogen and oxygen atoms in total. The van der Waals surface area contributed by atoms with E-state index in [1.165, 1.54) is 12.1 Å². The van der Waals surface area contributed by atoms with Gasteiger partial charge in [-0.1, -0.05) is 31.5 Å². The first kappa shape index (κ1) is 14.1. The van der Waals surface area contributed by atoms with Crippen molar-refractivity contribution in [2.75, 3.05) is 11.1 Å². The molecule has 0 bridgehead atoms. The van der Waals surface area contributed by atoms with E-state index in [0.29, 0.717) is 0 Å². The molecule has 20 heavy (non-hydrogen) atoms. The van der Waals surface area contributed by atoms with Crippen LogP contribution in [0.2, 0.25) is 0 Å². The first-order valence-corrected chi connectivity index (χ1v) is 6.56. The second kappa shape index (κ2) is 6.19. The van der Waals surface area contributed by atoms with Crippen molar-refractivity contribution in [3.8, 4) is 0 Å². The number of para-hydroxylation sites is 1. The molecular weight excluding hydrogens is 255 g/mol. The fourth-order valence-corrected chi connectivity index (χ4v) is 1.99. The van der Waals surface area contributed by atoms with E-state index in [2.05, 4.69) is 12.2 Å². The van der Waals surface area contributed by atoms with Crippen LogP contribution >= 0.6 is 0 Å². The smallest absolute Gasteiger partial charge is 0.255 e. The Balaban J connectivity index is 2.21. The molecular formula is C16H17FN2O. The lowest BCUT2D eigenvalue weighted by Gasteiger charge is -2.10. The Morgan fingerprint density at radius 1 is 1.25 bits per heavy atom. The van der Waals surface area contributed by atoms with Gasteiger partial charge in [-0.2, -0.15) is 0 Å². The van der Waals surface area contributed by atoms with Crippen LogP contribution in [0.4, 0.5) is 15.8 Å². The topological polar surface area (TPSA) is 55.1 Å². The van der Waals surface area contributed by atoms with E-state index in [1.807, 2.05) is 24.3 Å². The number of anilines is 2. The number of rotatable bonds is 4. The molecule has 0 radical (unpaired) electrons. The number of carbonyl (C=O) groups excluding carboxylic acids is 1. The Labute approximate surface area is 117 Å². The molecule has 2 aromatic carbocycles. The summed E-state index contributed by atoms with van der Waals surface area (Å²) in [5.74, 6) is -0.924. The molecule has 1 amide bonds. The minimum absolute atomic E-state index is 0.0351. The molecule has 2 rings (SSSR count). The van der Waals surface area contributed by atoms with Gasteiger partial charge in [-0.25, -0.2) is 4.39 Å². The number of hydrogen-bond donors (Lipinski definition) is 2. The summed E-state index contributed by atoms with van der Waals surface area (Å²) in [6, 6.07) is 11.7. The van der Waals surface area contributed by atoms with Crippen LogP contribution in [-0.4, -0.2) is 5.91 Å². The zero-order valence-corrected chi connectivity index (χ0v) is 11.3. The molecule has 0 aliphatic rings. The van der Waals surface area contributed by atoms with Crippen molar-refractivity contribution in [3.05, 3.63) is 59.4 Å². The van der Waals surface area contributed by atoms with E-state index in [1.54, 1.807) is 0 Å². The van der Waals surface area contributed by atoms with Crippen molar-refractivity contribution >= 4 is 17.3 Å². The van der Waals surface area contributed by atoms with Crippen LogP contribution in [0.5, 0.6) is 0 Å². The predicted molar refractivity (Wildman–Crippen MR) is 79.2 cm³/mol. The van der Waals surface area contributed by atoms with E-state index < -0.39 is 5.82 Å². The number of nitrogen functional groups attached to an aromatic ring is 1. The van der Waals surface area contributed by atoms with Crippen molar-refractivity contribution in [1.82, 2.24) is 0 Å². The van der Waals surface area contributed by atoms with E-state index in [-0.39, 0.29) is 17.2 Å². The summed E-state index contributed by atoms with van der Waals surface area (Å²) in [7, 11) is 0. The Morgan fingerprint density at radius 2 is 2.00 bits per heavy atom. The molecule has 0 spiro atoms. The number of nitrogens with one attached hydrogen (secondary N) is 1. The Kier molecular flexibility index (Phi) is 4.35. The van der Waals surface area contributed by atoms with Crippen LogP contribution in [0.15, 0.2) is 42.5 Å². The van der Waals surface area contributed by atoms with Crippen LogP contribution < -0.4 is 11.1 Å². The van der Waals surface area contributed by atoms with Gasteiger partial charge >= 0.3 is 0 Å². The van der Waals surface area contributed by atoms with Gasteiger partial charge in [0.25, 0.3) is 5.91 Å². The van der Waals surface area contributed by atoms with Crippen LogP contribution in [-0.2, 0) is 6.42 Å². The van der Waals surface area contributed by atoms with E-state index >= 15 is 0 Å². The monoisotopic (exact) mass is 272 g/mol. The summed E-state index contributed by atoms with van der Waals surface area (Å²) in [6.45, 7) is 2.08. The summed E-state index contributed by atoms with van der Waals surface area (Å²) >= 11 is 0. The highest BCUT2D eigenvalue weighted by Crippen LogP contribution is 2.19. The minimum Gasteiger partial charge on any atom is -0.396 e.